The molecule has 0 heterocycles. The van der Waals surface area contributed by atoms with Gasteiger partial charge in [0, 0.05) is 5.69 Å². The normalized spacial score (nSPS) is 10.9. The topological polar surface area (TPSA) is 67.4 Å². The minimum absolute atomic E-state index is 0.0870. The van der Waals surface area contributed by atoms with Crippen LogP contribution >= 0.6 is 11.6 Å². The van der Waals surface area contributed by atoms with Crippen molar-refractivity contribution < 1.29 is 14.3 Å². The van der Waals surface area contributed by atoms with Gasteiger partial charge < -0.3 is 15.4 Å². The van der Waals surface area contributed by atoms with Crippen LogP contribution in [0.25, 0.3) is 6.08 Å². The molecule has 2 N–H and O–H groups in total. The van der Waals surface area contributed by atoms with Crippen molar-refractivity contribution in [2.24, 2.45) is 0 Å². The molecule has 0 aliphatic rings. The molecular formula is C23H19ClN2O3. The second-order valence-corrected chi connectivity index (χ2v) is 6.49. The maximum Gasteiger partial charge on any atom is 0.272 e. The predicted octanol–water partition coefficient (Wildman–Crippen LogP) is 4.76. The van der Waals surface area contributed by atoms with E-state index in [9.17, 15) is 9.59 Å². The summed E-state index contributed by atoms with van der Waals surface area (Å²) in [6.07, 6.45) is 1.59. The third-order valence-corrected chi connectivity index (χ3v) is 4.40. The van der Waals surface area contributed by atoms with Crippen molar-refractivity contribution in [3.8, 4) is 5.75 Å². The number of hydrogen-bond donors (Lipinski definition) is 2. The van der Waals surface area contributed by atoms with E-state index < -0.39 is 11.8 Å². The van der Waals surface area contributed by atoms with Crippen molar-refractivity contribution in [3.05, 3.63) is 101 Å². The lowest BCUT2D eigenvalue weighted by atomic mass is 10.1. The van der Waals surface area contributed by atoms with Gasteiger partial charge in [0.05, 0.1) is 17.7 Å². The number of hydrogen-bond acceptors (Lipinski definition) is 3. The molecule has 0 aliphatic heterocycles. The molecule has 3 rings (SSSR count). The van der Waals surface area contributed by atoms with Gasteiger partial charge in [0.1, 0.15) is 11.4 Å². The molecule has 6 heteroatoms. The summed E-state index contributed by atoms with van der Waals surface area (Å²) in [6.45, 7) is 0. The Morgan fingerprint density at radius 2 is 1.55 bits per heavy atom. The first-order valence-corrected chi connectivity index (χ1v) is 9.22. The van der Waals surface area contributed by atoms with E-state index in [4.69, 9.17) is 16.3 Å². The molecule has 0 saturated heterocycles. The monoisotopic (exact) mass is 406 g/mol. The van der Waals surface area contributed by atoms with Gasteiger partial charge in [0.15, 0.2) is 0 Å². The number of carbonyl (C=O) groups excluding carboxylic acids is 2. The summed E-state index contributed by atoms with van der Waals surface area (Å²) in [4.78, 5) is 25.5. The molecule has 0 radical (unpaired) electrons. The predicted molar refractivity (Wildman–Crippen MR) is 115 cm³/mol. The van der Waals surface area contributed by atoms with Crippen LogP contribution in [0.1, 0.15) is 15.9 Å². The molecule has 0 aromatic heterocycles. The fourth-order valence-corrected chi connectivity index (χ4v) is 2.80. The molecule has 5 nitrogen and oxygen atoms in total. The molecule has 3 aromatic carbocycles. The molecule has 146 valence electrons. The highest BCUT2D eigenvalue weighted by Crippen LogP contribution is 2.17. The smallest absolute Gasteiger partial charge is 0.272 e. The number of rotatable bonds is 6. The Kier molecular flexibility index (Phi) is 6.66. The zero-order valence-electron chi connectivity index (χ0n) is 15.7. The first kappa shape index (κ1) is 20.2. The van der Waals surface area contributed by atoms with Gasteiger partial charge in [-0.2, -0.15) is 0 Å². The Labute approximate surface area is 174 Å². The number of methoxy groups -OCH3 is 1. The van der Waals surface area contributed by atoms with Gasteiger partial charge in [-0.3, -0.25) is 9.59 Å². The van der Waals surface area contributed by atoms with Crippen LogP contribution in [0, 0.1) is 0 Å². The van der Waals surface area contributed by atoms with Crippen LogP contribution in [0.4, 0.5) is 5.69 Å². The van der Waals surface area contributed by atoms with Gasteiger partial charge in [0.25, 0.3) is 11.8 Å². The molecule has 0 unspecified atom stereocenters. The number of benzene rings is 3. The number of amides is 2. The summed E-state index contributed by atoms with van der Waals surface area (Å²) in [7, 11) is 1.58. The number of halogens is 1. The quantitative estimate of drug-likeness (QED) is 0.580. The first-order chi connectivity index (χ1) is 14.1. The number of anilines is 1. The molecular weight excluding hydrogens is 388 g/mol. The van der Waals surface area contributed by atoms with Crippen molar-refractivity contribution in [3.63, 3.8) is 0 Å². The van der Waals surface area contributed by atoms with E-state index in [-0.39, 0.29) is 11.3 Å². The van der Waals surface area contributed by atoms with E-state index in [2.05, 4.69) is 10.6 Å². The van der Waals surface area contributed by atoms with Gasteiger partial charge in [-0.1, -0.05) is 54.1 Å². The molecule has 2 amide bonds. The van der Waals surface area contributed by atoms with Crippen molar-refractivity contribution in [1.29, 1.82) is 0 Å². The van der Waals surface area contributed by atoms with Gasteiger partial charge in [-0.05, 0) is 48.0 Å². The average Bonchev–Trinajstić information content (AvgIpc) is 2.74. The van der Waals surface area contributed by atoms with Crippen LogP contribution in [0.2, 0.25) is 5.02 Å². The molecule has 0 bridgehead atoms. The van der Waals surface area contributed by atoms with E-state index in [1.54, 1.807) is 73.8 Å². The van der Waals surface area contributed by atoms with E-state index in [0.717, 1.165) is 5.56 Å². The van der Waals surface area contributed by atoms with Crippen molar-refractivity contribution >= 4 is 35.2 Å². The zero-order chi connectivity index (χ0) is 20.6. The highest BCUT2D eigenvalue weighted by Gasteiger charge is 2.16. The third-order valence-electron chi connectivity index (χ3n) is 4.07. The van der Waals surface area contributed by atoms with Crippen molar-refractivity contribution in [2.75, 3.05) is 12.4 Å². The Morgan fingerprint density at radius 3 is 2.21 bits per heavy atom. The van der Waals surface area contributed by atoms with Crippen molar-refractivity contribution in [1.82, 2.24) is 5.32 Å². The molecule has 0 saturated carbocycles. The average molecular weight is 407 g/mol. The Balaban J connectivity index is 1.89. The second kappa shape index (κ2) is 9.57. The van der Waals surface area contributed by atoms with Gasteiger partial charge >= 0.3 is 0 Å². The Hall–Kier alpha value is -3.57. The minimum Gasteiger partial charge on any atom is -0.497 e. The van der Waals surface area contributed by atoms with E-state index >= 15 is 0 Å². The number of nitrogens with one attached hydrogen (secondary N) is 2. The van der Waals surface area contributed by atoms with E-state index in [1.165, 1.54) is 0 Å². The first-order valence-electron chi connectivity index (χ1n) is 8.85. The molecule has 0 fully saturated rings. The highest BCUT2D eigenvalue weighted by atomic mass is 35.5. The van der Waals surface area contributed by atoms with Crippen LogP contribution in [-0.4, -0.2) is 18.9 Å². The maximum absolute atomic E-state index is 12.8. The fourth-order valence-electron chi connectivity index (χ4n) is 2.58. The van der Waals surface area contributed by atoms with Crippen LogP contribution in [0.3, 0.4) is 0 Å². The fraction of sp³-hybridized carbons (Fsp3) is 0.0435. The molecule has 0 spiro atoms. The lowest BCUT2D eigenvalue weighted by Gasteiger charge is -2.12. The molecule has 0 aliphatic carbocycles. The van der Waals surface area contributed by atoms with E-state index in [1.807, 2.05) is 18.2 Å². The van der Waals surface area contributed by atoms with Crippen LogP contribution in [-0.2, 0) is 4.79 Å². The molecule has 0 atom stereocenters. The summed E-state index contributed by atoms with van der Waals surface area (Å²) in [5.41, 5.74) is 1.71. The van der Waals surface area contributed by atoms with Gasteiger partial charge in [-0.25, -0.2) is 0 Å². The second-order valence-electron chi connectivity index (χ2n) is 6.09. The summed E-state index contributed by atoms with van der Waals surface area (Å²) < 4.78 is 5.15. The summed E-state index contributed by atoms with van der Waals surface area (Å²) in [5.74, 6) is -0.233. The minimum atomic E-state index is -0.474. The SMILES string of the molecule is COc1ccc(C=C(NC(=O)c2ccccc2Cl)C(=O)Nc2ccccc2)cc1. The molecule has 3 aromatic rings. The van der Waals surface area contributed by atoms with Crippen LogP contribution in [0.5, 0.6) is 5.75 Å². The summed E-state index contributed by atoms with van der Waals surface area (Å²) in [6, 6.07) is 22.8. The van der Waals surface area contributed by atoms with Gasteiger partial charge in [0.2, 0.25) is 0 Å². The number of para-hydroxylation sites is 1. The molecule has 29 heavy (non-hydrogen) atoms. The highest BCUT2D eigenvalue weighted by molar-refractivity contribution is 6.34. The lowest BCUT2D eigenvalue weighted by Crippen LogP contribution is -2.30. The summed E-state index contributed by atoms with van der Waals surface area (Å²) >= 11 is 6.11. The van der Waals surface area contributed by atoms with Crippen molar-refractivity contribution in [2.45, 2.75) is 0 Å². The van der Waals surface area contributed by atoms with E-state index in [0.29, 0.717) is 16.5 Å². The Bertz CT molecular complexity index is 1030. The lowest BCUT2D eigenvalue weighted by molar-refractivity contribution is -0.113. The standard InChI is InChI=1S/C23H19ClN2O3/c1-29-18-13-11-16(12-14-18)15-21(23(28)25-17-7-3-2-4-8-17)26-22(27)19-9-5-6-10-20(19)24/h2-15H,1H3,(H,25,28)(H,26,27). The third kappa shape index (κ3) is 5.46. The Morgan fingerprint density at radius 1 is 0.897 bits per heavy atom. The number of ether oxygens (including phenoxy) is 1. The largest absolute Gasteiger partial charge is 0.497 e. The van der Waals surface area contributed by atoms with Crippen LogP contribution < -0.4 is 15.4 Å². The maximum atomic E-state index is 12.8. The summed E-state index contributed by atoms with van der Waals surface area (Å²) in [5, 5.41) is 5.75. The zero-order valence-corrected chi connectivity index (χ0v) is 16.4. The van der Waals surface area contributed by atoms with Crippen LogP contribution in [0.15, 0.2) is 84.6 Å². The number of carbonyl (C=O) groups is 2. The van der Waals surface area contributed by atoms with Gasteiger partial charge in [-0.15, -0.1) is 0 Å².